The van der Waals surface area contributed by atoms with Gasteiger partial charge >= 0.3 is 5.97 Å². The number of ether oxygens (including phenoxy) is 3. The number of aromatic nitrogens is 2. The van der Waals surface area contributed by atoms with Crippen LogP contribution in [0.25, 0.3) is 28.7 Å². The average Bonchev–Trinajstić information content (AvgIpc) is 2.86. The van der Waals surface area contributed by atoms with Crippen LogP contribution in [-0.2, 0) is 4.74 Å². The maximum Gasteiger partial charge on any atom is 0.337 e. The van der Waals surface area contributed by atoms with Crippen LogP contribution in [0.15, 0.2) is 71.5 Å². The van der Waals surface area contributed by atoms with Crippen LogP contribution < -0.4 is 15.0 Å². The van der Waals surface area contributed by atoms with Crippen molar-refractivity contribution in [2.24, 2.45) is 0 Å². The van der Waals surface area contributed by atoms with E-state index in [1.807, 2.05) is 30.3 Å². The Morgan fingerprint density at radius 2 is 1.64 bits per heavy atom. The normalized spacial score (nSPS) is 11.0. The molecule has 0 N–H and O–H groups in total. The van der Waals surface area contributed by atoms with Gasteiger partial charge in [0, 0.05) is 5.56 Å². The van der Waals surface area contributed by atoms with Crippen molar-refractivity contribution in [2.45, 2.75) is 0 Å². The number of carbonyl (C=O) groups is 1. The SMILES string of the molecule is COC(=O)c1ccc(-n2c(/C=C/c3cccc(OC)c3OC)nc3ccccc3c2=O)cc1. The number of para-hydroxylation sites is 2. The zero-order chi connectivity index (χ0) is 23.4. The molecule has 1 heterocycles. The van der Waals surface area contributed by atoms with Crippen LogP contribution in [0.4, 0.5) is 0 Å². The van der Waals surface area contributed by atoms with E-state index >= 15 is 0 Å². The Bertz CT molecular complexity index is 1400. The fraction of sp³-hybridized carbons (Fsp3) is 0.115. The van der Waals surface area contributed by atoms with E-state index in [-0.39, 0.29) is 5.56 Å². The summed E-state index contributed by atoms with van der Waals surface area (Å²) in [5.41, 5.74) is 2.10. The molecule has 0 atom stereocenters. The number of nitrogens with zero attached hydrogens (tertiary/aromatic N) is 2. The Kier molecular flexibility index (Phi) is 6.22. The van der Waals surface area contributed by atoms with E-state index in [1.54, 1.807) is 62.8 Å². The third-order valence-electron chi connectivity index (χ3n) is 5.19. The highest BCUT2D eigenvalue weighted by atomic mass is 16.5. The van der Waals surface area contributed by atoms with E-state index in [2.05, 4.69) is 0 Å². The number of benzene rings is 3. The van der Waals surface area contributed by atoms with E-state index in [4.69, 9.17) is 19.2 Å². The van der Waals surface area contributed by atoms with Crippen LogP contribution in [0.2, 0.25) is 0 Å². The average molecular weight is 442 g/mol. The van der Waals surface area contributed by atoms with Gasteiger partial charge in [-0.1, -0.05) is 24.3 Å². The first kappa shape index (κ1) is 21.8. The highest BCUT2D eigenvalue weighted by molar-refractivity contribution is 5.89. The van der Waals surface area contributed by atoms with Gasteiger partial charge in [-0.3, -0.25) is 9.36 Å². The van der Waals surface area contributed by atoms with Crippen molar-refractivity contribution in [1.29, 1.82) is 0 Å². The van der Waals surface area contributed by atoms with Gasteiger partial charge in [0.1, 0.15) is 5.82 Å². The molecule has 0 radical (unpaired) electrons. The van der Waals surface area contributed by atoms with Crippen LogP contribution in [0, 0.1) is 0 Å². The van der Waals surface area contributed by atoms with Gasteiger partial charge in [0.2, 0.25) is 0 Å². The van der Waals surface area contributed by atoms with E-state index in [0.29, 0.717) is 39.5 Å². The van der Waals surface area contributed by atoms with Gasteiger partial charge in [0.15, 0.2) is 11.5 Å². The topological polar surface area (TPSA) is 79.7 Å². The predicted octanol–water partition coefficient (Wildman–Crippen LogP) is 4.36. The van der Waals surface area contributed by atoms with Crippen LogP contribution >= 0.6 is 0 Å². The minimum atomic E-state index is -0.448. The summed E-state index contributed by atoms with van der Waals surface area (Å²) in [7, 11) is 4.47. The lowest BCUT2D eigenvalue weighted by atomic mass is 10.1. The van der Waals surface area contributed by atoms with Crippen LogP contribution in [0.5, 0.6) is 11.5 Å². The molecule has 0 saturated heterocycles. The minimum absolute atomic E-state index is 0.219. The molecule has 7 nitrogen and oxygen atoms in total. The van der Waals surface area contributed by atoms with Gasteiger partial charge in [-0.2, -0.15) is 0 Å². The number of rotatable bonds is 6. The van der Waals surface area contributed by atoms with Crippen molar-refractivity contribution in [2.75, 3.05) is 21.3 Å². The van der Waals surface area contributed by atoms with E-state index < -0.39 is 5.97 Å². The zero-order valence-electron chi connectivity index (χ0n) is 18.4. The maximum absolute atomic E-state index is 13.4. The summed E-state index contributed by atoms with van der Waals surface area (Å²) in [4.78, 5) is 29.9. The fourth-order valence-corrected chi connectivity index (χ4v) is 3.58. The largest absolute Gasteiger partial charge is 0.493 e. The summed E-state index contributed by atoms with van der Waals surface area (Å²) in [5.74, 6) is 1.15. The quantitative estimate of drug-likeness (QED) is 0.413. The monoisotopic (exact) mass is 442 g/mol. The first-order valence-electron chi connectivity index (χ1n) is 10.2. The third-order valence-corrected chi connectivity index (χ3v) is 5.19. The maximum atomic E-state index is 13.4. The number of hydrogen-bond acceptors (Lipinski definition) is 6. The standard InChI is InChI=1S/C26H22N2O5/c1-31-22-10-6-7-17(24(22)32-2)13-16-23-27-21-9-5-4-8-20(21)25(29)28(23)19-14-11-18(12-15-19)26(30)33-3/h4-16H,1-3H3/b16-13+. The Morgan fingerprint density at radius 1 is 0.879 bits per heavy atom. The second-order valence-electron chi connectivity index (χ2n) is 7.08. The van der Waals surface area contributed by atoms with Crippen LogP contribution in [-0.4, -0.2) is 36.8 Å². The first-order chi connectivity index (χ1) is 16.1. The molecule has 4 aromatic rings. The lowest BCUT2D eigenvalue weighted by molar-refractivity contribution is 0.0600. The molecular weight excluding hydrogens is 420 g/mol. The lowest BCUT2D eigenvalue weighted by Crippen LogP contribution is -2.22. The summed E-state index contributed by atoms with van der Waals surface area (Å²) in [6.45, 7) is 0. The summed E-state index contributed by atoms with van der Waals surface area (Å²) >= 11 is 0. The minimum Gasteiger partial charge on any atom is -0.493 e. The van der Waals surface area contributed by atoms with Crippen molar-refractivity contribution >= 4 is 29.0 Å². The second kappa shape index (κ2) is 9.40. The Hall–Kier alpha value is -4.39. The third kappa shape index (κ3) is 4.21. The number of hydrogen-bond donors (Lipinski definition) is 0. The molecule has 0 saturated carbocycles. The van der Waals surface area contributed by atoms with Crippen molar-refractivity contribution in [3.8, 4) is 17.2 Å². The van der Waals surface area contributed by atoms with Gasteiger partial charge in [0.25, 0.3) is 5.56 Å². The van der Waals surface area contributed by atoms with Gasteiger partial charge in [-0.25, -0.2) is 9.78 Å². The Balaban J connectivity index is 1.89. The molecule has 0 aliphatic heterocycles. The second-order valence-corrected chi connectivity index (χ2v) is 7.08. The van der Waals surface area contributed by atoms with Gasteiger partial charge in [-0.15, -0.1) is 0 Å². The first-order valence-corrected chi connectivity index (χ1v) is 10.2. The molecule has 166 valence electrons. The lowest BCUT2D eigenvalue weighted by Gasteiger charge is -2.13. The molecule has 1 aromatic heterocycles. The van der Waals surface area contributed by atoms with Crippen LogP contribution in [0.3, 0.4) is 0 Å². The molecule has 0 bridgehead atoms. The molecule has 3 aromatic carbocycles. The summed E-state index contributed by atoms with van der Waals surface area (Å²) in [5, 5.41) is 0.491. The van der Waals surface area contributed by atoms with E-state index in [0.717, 1.165) is 5.56 Å². The van der Waals surface area contributed by atoms with Crippen molar-refractivity contribution in [3.05, 3.63) is 94.0 Å². The summed E-state index contributed by atoms with van der Waals surface area (Å²) in [6, 6.07) is 19.3. The number of fused-ring (bicyclic) bond motifs is 1. The molecular formula is C26H22N2O5. The van der Waals surface area contributed by atoms with Gasteiger partial charge in [-0.05, 0) is 54.6 Å². The number of carbonyl (C=O) groups excluding carboxylic acids is 1. The molecule has 0 fully saturated rings. The highest BCUT2D eigenvalue weighted by Crippen LogP contribution is 2.32. The molecule has 0 amide bonds. The van der Waals surface area contributed by atoms with Crippen LogP contribution in [0.1, 0.15) is 21.7 Å². The summed E-state index contributed by atoms with van der Waals surface area (Å²) < 4.78 is 17.1. The van der Waals surface area contributed by atoms with E-state index in [9.17, 15) is 9.59 Å². The van der Waals surface area contributed by atoms with Crippen molar-refractivity contribution < 1.29 is 19.0 Å². The molecule has 33 heavy (non-hydrogen) atoms. The predicted molar refractivity (Wildman–Crippen MR) is 127 cm³/mol. The van der Waals surface area contributed by atoms with Crippen molar-refractivity contribution in [3.63, 3.8) is 0 Å². The summed E-state index contributed by atoms with van der Waals surface area (Å²) in [6.07, 6.45) is 3.57. The Labute approximate surface area is 190 Å². The highest BCUT2D eigenvalue weighted by Gasteiger charge is 2.13. The number of esters is 1. The molecule has 0 aliphatic rings. The molecule has 0 aliphatic carbocycles. The fourth-order valence-electron chi connectivity index (χ4n) is 3.58. The van der Waals surface area contributed by atoms with E-state index in [1.165, 1.54) is 11.7 Å². The molecule has 0 spiro atoms. The van der Waals surface area contributed by atoms with Gasteiger partial charge in [0.05, 0.1) is 43.5 Å². The Morgan fingerprint density at radius 3 is 2.33 bits per heavy atom. The van der Waals surface area contributed by atoms with Gasteiger partial charge < -0.3 is 14.2 Å². The molecule has 4 rings (SSSR count). The van der Waals surface area contributed by atoms with Crippen molar-refractivity contribution in [1.82, 2.24) is 9.55 Å². The zero-order valence-corrected chi connectivity index (χ0v) is 18.4. The number of methoxy groups -OCH3 is 3. The molecule has 0 unspecified atom stereocenters. The smallest absolute Gasteiger partial charge is 0.337 e. The molecule has 7 heteroatoms.